The Balaban J connectivity index is 0.000000490. The third-order valence-electron chi connectivity index (χ3n) is 1.22. The molecule has 1 rings (SSSR count). The van der Waals surface area contributed by atoms with Crippen molar-refractivity contribution in [3.63, 3.8) is 0 Å². The average Bonchev–Trinajstić information content (AvgIpc) is 1.87. The van der Waals surface area contributed by atoms with Crippen molar-refractivity contribution in [1.29, 1.82) is 0 Å². The zero-order valence-corrected chi connectivity index (χ0v) is 7.86. The molecule has 8 heavy (non-hydrogen) atoms. The van der Waals surface area contributed by atoms with Crippen molar-refractivity contribution in [3.05, 3.63) is 23.3 Å². The van der Waals surface area contributed by atoms with Crippen LogP contribution in [0.2, 0.25) is 0 Å². The molecule has 0 heterocycles. The first kappa shape index (κ1) is 8.48. The Labute approximate surface area is 73.0 Å². The topological polar surface area (TPSA) is 0 Å². The van der Waals surface area contributed by atoms with E-state index >= 15 is 0 Å². The van der Waals surface area contributed by atoms with Gasteiger partial charge < -0.3 is 0 Å². The van der Waals surface area contributed by atoms with Gasteiger partial charge in [0.25, 0.3) is 0 Å². The summed E-state index contributed by atoms with van der Waals surface area (Å²) in [5, 5.41) is 0. The van der Waals surface area contributed by atoms with Crippen molar-refractivity contribution in [2.45, 2.75) is 20.3 Å². The molecular weight excluding hydrogens is 107 g/mol. The molecule has 0 fully saturated rings. The van der Waals surface area contributed by atoms with Gasteiger partial charge in [-0.15, -0.1) is 0 Å². The SMILES string of the molecule is CC1=CCC(C)=C1.[Na]. The minimum absolute atomic E-state index is 0. The van der Waals surface area contributed by atoms with Crippen LogP contribution in [0.3, 0.4) is 0 Å². The standard InChI is InChI=1S/C7H10.Na/c1-6-3-4-7(2)5-6;/h3,5H,4H2,1-2H3;. The van der Waals surface area contributed by atoms with Crippen LogP contribution in [-0.2, 0) is 0 Å². The minimum atomic E-state index is 0. The Hall–Kier alpha value is 0.480. The number of rotatable bonds is 0. The first-order valence-corrected chi connectivity index (χ1v) is 2.63. The molecule has 0 saturated carbocycles. The van der Waals surface area contributed by atoms with Crippen LogP contribution in [0.5, 0.6) is 0 Å². The van der Waals surface area contributed by atoms with Gasteiger partial charge in [-0.05, 0) is 20.3 Å². The molecule has 0 saturated heterocycles. The first-order valence-electron chi connectivity index (χ1n) is 2.63. The van der Waals surface area contributed by atoms with Crippen LogP contribution in [0, 0.1) is 0 Å². The van der Waals surface area contributed by atoms with Gasteiger partial charge in [-0.25, -0.2) is 0 Å². The van der Waals surface area contributed by atoms with E-state index in [0.29, 0.717) is 0 Å². The van der Waals surface area contributed by atoms with E-state index in [1.54, 1.807) is 0 Å². The third kappa shape index (κ3) is 2.17. The minimum Gasteiger partial charge on any atom is -0.0775 e. The summed E-state index contributed by atoms with van der Waals surface area (Å²) in [7, 11) is 0. The van der Waals surface area contributed by atoms with E-state index < -0.39 is 0 Å². The second kappa shape index (κ2) is 3.49. The van der Waals surface area contributed by atoms with Gasteiger partial charge in [0.1, 0.15) is 0 Å². The quantitative estimate of drug-likeness (QED) is 0.425. The van der Waals surface area contributed by atoms with E-state index in [-0.39, 0.29) is 29.6 Å². The Morgan fingerprint density at radius 3 is 2.12 bits per heavy atom. The maximum atomic E-state index is 2.25. The van der Waals surface area contributed by atoms with Crippen molar-refractivity contribution >= 4 is 29.6 Å². The molecule has 0 spiro atoms. The molecule has 1 heteroatoms. The monoisotopic (exact) mass is 117 g/mol. The summed E-state index contributed by atoms with van der Waals surface area (Å²) in [6, 6.07) is 0. The maximum absolute atomic E-state index is 2.25. The van der Waals surface area contributed by atoms with E-state index in [1.807, 2.05) is 0 Å². The van der Waals surface area contributed by atoms with Crippen LogP contribution in [0.1, 0.15) is 20.3 Å². The molecule has 0 atom stereocenters. The second-order valence-corrected chi connectivity index (χ2v) is 2.14. The average molecular weight is 117 g/mol. The molecule has 0 N–H and O–H groups in total. The maximum Gasteiger partial charge on any atom is 0 e. The fraction of sp³-hybridized carbons (Fsp3) is 0.429. The predicted octanol–water partition coefficient (Wildman–Crippen LogP) is 1.90. The zero-order chi connectivity index (χ0) is 5.28. The molecule has 39 valence electrons. The van der Waals surface area contributed by atoms with E-state index in [9.17, 15) is 0 Å². The van der Waals surface area contributed by atoms with Crippen LogP contribution in [0.4, 0.5) is 0 Å². The normalized spacial score (nSPS) is 16.8. The summed E-state index contributed by atoms with van der Waals surface area (Å²) in [5.41, 5.74) is 2.90. The van der Waals surface area contributed by atoms with E-state index in [2.05, 4.69) is 26.0 Å². The molecular formula is C7H10Na. The van der Waals surface area contributed by atoms with Gasteiger partial charge in [0.05, 0.1) is 0 Å². The fourth-order valence-corrected chi connectivity index (χ4v) is 0.828. The summed E-state index contributed by atoms with van der Waals surface area (Å²) in [6.45, 7) is 4.30. The number of allylic oxidation sites excluding steroid dienone is 4. The predicted molar refractivity (Wildman–Crippen MR) is 37.9 cm³/mol. The summed E-state index contributed by atoms with van der Waals surface area (Å²) in [5.74, 6) is 0. The number of hydrogen-bond donors (Lipinski definition) is 0. The Bertz CT molecular complexity index is 131. The molecule has 0 amide bonds. The van der Waals surface area contributed by atoms with Gasteiger partial charge in [-0.3, -0.25) is 0 Å². The van der Waals surface area contributed by atoms with Gasteiger partial charge in [-0.2, -0.15) is 0 Å². The summed E-state index contributed by atoms with van der Waals surface area (Å²) < 4.78 is 0. The zero-order valence-electron chi connectivity index (χ0n) is 5.86. The van der Waals surface area contributed by atoms with Crippen LogP contribution in [0.25, 0.3) is 0 Å². The second-order valence-electron chi connectivity index (χ2n) is 2.14. The van der Waals surface area contributed by atoms with Gasteiger partial charge in [0, 0.05) is 29.6 Å². The molecule has 0 unspecified atom stereocenters. The molecule has 1 radical (unpaired) electrons. The summed E-state index contributed by atoms with van der Waals surface area (Å²) in [4.78, 5) is 0. The first-order chi connectivity index (χ1) is 3.29. The molecule has 0 bridgehead atoms. The van der Waals surface area contributed by atoms with Crippen molar-refractivity contribution in [2.24, 2.45) is 0 Å². The Morgan fingerprint density at radius 2 is 2.00 bits per heavy atom. The Morgan fingerprint density at radius 1 is 1.38 bits per heavy atom. The van der Waals surface area contributed by atoms with Gasteiger partial charge in [-0.1, -0.05) is 23.3 Å². The van der Waals surface area contributed by atoms with E-state index in [4.69, 9.17) is 0 Å². The van der Waals surface area contributed by atoms with Gasteiger partial charge >= 0.3 is 0 Å². The molecule has 0 aromatic heterocycles. The van der Waals surface area contributed by atoms with E-state index in [0.717, 1.165) is 0 Å². The van der Waals surface area contributed by atoms with Crippen LogP contribution in [-0.4, -0.2) is 29.6 Å². The van der Waals surface area contributed by atoms with Crippen molar-refractivity contribution in [3.8, 4) is 0 Å². The van der Waals surface area contributed by atoms with Crippen molar-refractivity contribution in [2.75, 3.05) is 0 Å². The summed E-state index contributed by atoms with van der Waals surface area (Å²) >= 11 is 0. The van der Waals surface area contributed by atoms with Crippen LogP contribution >= 0.6 is 0 Å². The van der Waals surface area contributed by atoms with Crippen molar-refractivity contribution < 1.29 is 0 Å². The largest absolute Gasteiger partial charge is 0.0775 e. The van der Waals surface area contributed by atoms with Gasteiger partial charge in [0.15, 0.2) is 0 Å². The Kier molecular flexibility index (Phi) is 3.70. The van der Waals surface area contributed by atoms with E-state index in [1.165, 1.54) is 17.6 Å². The smallest absolute Gasteiger partial charge is 0 e. The number of hydrogen-bond acceptors (Lipinski definition) is 0. The molecule has 1 aliphatic rings. The molecule has 0 nitrogen and oxygen atoms in total. The van der Waals surface area contributed by atoms with Crippen LogP contribution < -0.4 is 0 Å². The summed E-state index contributed by atoms with van der Waals surface area (Å²) in [6.07, 6.45) is 5.64. The van der Waals surface area contributed by atoms with Gasteiger partial charge in [0.2, 0.25) is 0 Å². The fourth-order valence-electron chi connectivity index (χ4n) is 0.828. The molecule has 0 aromatic rings. The molecule has 0 aromatic carbocycles. The third-order valence-corrected chi connectivity index (χ3v) is 1.22. The molecule has 0 aliphatic heterocycles. The molecule has 1 aliphatic carbocycles. The van der Waals surface area contributed by atoms with Crippen molar-refractivity contribution in [1.82, 2.24) is 0 Å². The van der Waals surface area contributed by atoms with Crippen LogP contribution in [0.15, 0.2) is 23.3 Å².